The van der Waals surface area contributed by atoms with Crippen LogP contribution >= 0.6 is 23.5 Å². The lowest BCUT2D eigenvalue weighted by atomic mass is 10.2. The molecule has 0 aliphatic rings. The number of carboxylic acid groups (broad SMARTS) is 1. The molecule has 10 heteroatoms. The third kappa shape index (κ3) is 5.64. The van der Waals surface area contributed by atoms with Gasteiger partial charge < -0.3 is 5.11 Å². The third-order valence-electron chi connectivity index (χ3n) is 1.64. The summed E-state index contributed by atoms with van der Waals surface area (Å²) in [6, 6.07) is 2.08. The summed E-state index contributed by atoms with van der Waals surface area (Å²) in [6.45, 7) is 0. The zero-order valence-electron chi connectivity index (χ0n) is 8.67. The van der Waals surface area contributed by atoms with E-state index in [1.807, 2.05) is 0 Å². The quantitative estimate of drug-likeness (QED) is 0.651. The van der Waals surface area contributed by atoms with Crippen molar-refractivity contribution in [1.82, 2.24) is 0 Å². The highest BCUT2D eigenvalue weighted by atomic mass is 32.2. The lowest BCUT2D eigenvalue weighted by Gasteiger charge is -2.12. The lowest BCUT2D eigenvalue weighted by molar-refractivity contribution is -0.0346. The first kappa shape index (κ1) is 16.0. The molecule has 0 saturated heterocycles. The molecule has 0 aliphatic heterocycles. The van der Waals surface area contributed by atoms with Gasteiger partial charge in [-0.15, -0.1) is 0 Å². The summed E-state index contributed by atoms with van der Waals surface area (Å²) in [6.07, 6.45) is 0. The number of hydrogen-bond acceptors (Lipinski definition) is 3. The molecular weight excluding hydrogens is 318 g/mol. The fourth-order valence-electron chi connectivity index (χ4n) is 1.05. The molecule has 0 saturated carbocycles. The maximum absolute atomic E-state index is 12.2. The molecule has 1 N–H and O–H groups in total. The van der Waals surface area contributed by atoms with Crippen LogP contribution in [0, 0.1) is 0 Å². The molecule has 2 nitrogen and oxygen atoms in total. The molecule has 0 fully saturated rings. The molecule has 1 aromatic rings. The molecule has 106 valence electrons. The topological polar surface area (TPSA) is 37.3 Å². The number of halogens is 6. The van der Waals surface area contributed by atoms with Gasteiger partial charge in [0.2, 0.25) is 0 Å². The number of aromatic carboxylic acids is 1. The fourth-order valence-corrected chi connectivity index (χ4v) is 2.45. The molecule has 0 bridgehead atoms. The first-order chi connectivity index (χ1) is 8.48. The summed E-state index contributed by atoms with van der Waals surface area (Å²) >= 11 is -1.51. The second-order valence-electron chi connectivity index (χ2n) is 3.06. The van der Waals surface area contributed by atoms with Gasteiger partial charge >= 0.3 is 17.0 Å². The Hall–Kier alpha value is -1.03. The normalized spacial score (nSPS) is 12.5. The molecule has 1 aromatic carbocycles. The zero-order chi connectivity index (χ0) is 14.8. The van der Waals surface area contributed by atoms with E-state index < -0.39 is 55.9 Å². The van der Waals surface area contributed by atoms with Crippen LogP contribution in [0.3, 0.4) is 0 Å². The van der Waals surface area contributed by atoms with Crippen molar-refractivity contribution < 1.29 is 36.2 Å². The molecule has 0 radical (unpaired) electrons. The first-order valence-corrected chi connectivity index (χ1v) is 6.00. The predicted molar refractivity (Wildman–Crippen MR) is 57.2 cm³/mol. The molecule has 0 aromatic heterocycles. The molecule has 0 spiro atoms. The Labute approximate surface area is 111 Å². The van der Waals surface area contributed by atoms with Crippen molar-refractivity contribution >= 4 is 29.5 Å². The molecular formula is C9H4F6O2S2. The van der Waals surface area contributed by atoms with Gasteiger partial charge in [0.25, 0.3) is 0 Å². The SMILES string of the molecule is O=C(O)c1ccc(SC(F)(F)F)c(SC(F)(F)F)c1. The maximum atomic E-state index is 12.2. The monoisotopic (exact) mass is 322 g/mol. The second kappa shape index (κ2) is 5.53. The van der Waals surface area contributed by atoms with Crippen LogP contribution in [0.2, 0.25) is 0 Å². The van der Waals surface area contributed by atoms with E-state index in [1.54, 1.807) is 0 Å². The van der Waals surface area contributed by atoms with Crippen molar-refractivity contribution in [1.29, 1.82) is 0 Å². The summed E-state index contributed by atoms with van der Waals surface area (Å²) in [4.78, 5) is 9.10. The van der Waals surface area contributed by atoms with Crippen LogP contribution in [0.25, 0.3) is 0 Å². The molecule has 0 heterocycles. The van der Waals surface area contributed by atoms with Crippen molar-refractivity contribution in [2.75, 3.05) is 0 Å². The first-order valence-electron chi connectivity index (χ1n) is 4.37. The van der Waals surface area contributed by atoms with Gasteiger partial charge in [0.15, 0.2) is 0 Å². The average Bonchev–Trinajstić information content (AvgIpc) is 2.15. The van der Waals surface area contributed by atoms with Crippen LogP contribution < -0.4 is 0 Å². The third-order valence-corrected chi connectivity index (χ3v) is 3.37. The highest BCUT2D eigenvalue weighted by Crippen LogP contribution is 2.46. The Balaban J connectivity index is 3.19. The minimum absolute atomic E-state index is 0.515. The second-order valence-corrected chi connectivity index (χ2v) is 5.28. The minimum Gasteiger partial charge on any atom is -0.478 e. The van der Waals surface area contributed by atoms with Gasteiger partial charge in [-0.1, -0.05) is 0 Å². The zero-order valence-corrected chi connectivity index (χ0v) is 10.3. The van der Waals surface area contributed by atoms with E-state index >= 15 is 0 Å². The standard InChI is InChI=1S/C9H4F6O2S2/c10-8(11,12)18-5-2-1-4(7(16)17)3-6(5)19-9(13,14)15/h1-3H,(H,16,17). The van der Waals surface area contributed by atoms with E-state index in [1.165, 1.54) is 0 Å². The van der Waals surface area contributed by atoms with Crippen molar-refractivity contribution in [2.24, 2.45) is 0 Å². The largest absolute Gasteiger partial charge is 0.478 e. The number of thioether (sulfide) groups is 2. The number of carbonyl (C=O) groups is 1. The molecule has 19 heavy (non-hydrogen) atoms. The Morgan fingerprint density at radius 3 is 1.84 bits per heavy atom. The van der Waals surface area contributed by atoms with Gasteiger partial charge in [-0.25, -0.2) is 4.79 Å². The van der Waals surface area contributed by atoms with E-state index in [9.17, 15) is 31.1 Å². The van der Waals surface area contributed by atoms with Crippen LogP contribution in [0.15, 0.2) is 28.0 Å². The molecule has 0 atom stereocenters. The number of hydrogen-bond donors (Lipinski definition) is 1. The highest BCUT2D eigenvalue weighted by Gasteiger charge is 2.35. The van der Waals surface area contributed by atoms with E-state index in [0.29, 0.717) is 12.1 Å². The lowest BCUT2D eigenvalue weighted by Crippen LogP contribution is -2.05. The number of alkyl halides is 6. The Morgan fingerprint density at radius 2 is 1.42 bits per heavy atom. The Bertz CT molecular complexity index is 483. The fraction of sp³-hybridized carbons (Fsp3) is 0.222. The summed E-state index contributed by atoms with van der Waals surface area (Å²) in [7, 11) is 0. The Kier molecular flexibility index (Phi) is 4.67. The van der Waals surface area contributed by atoms with Crippen LogP contribution in [0.5, 0.6) is 0 Å². The molecule has 0 amide bonds. The molecule has 0 aliphatic carbocycles. The van der Waals surface area contributed by atoms with Gasteiger partial charge in [-0.2, -0.15) is 26.3 Å². The number of benzene rings is 1. The van der Waals surface area contributed by atoms with Crippen molar-refractivity contribution in [3.63, 3.8) is 0 Å². The van der Waals surface area contributed by atoms with Crippen LogP contribution in [-0.2, 0) is 0 Å². The average molecular weight is 322 g/mol. The van der Waals surface area contributed by atoms with Gasteiger partial charge in [-0.05, 0) is 41.7 Å². The summed E-state index contributed by atoms with van der Waals surface area (Å²) in [5, 5.41) is 8.61. The van der Waals surface area contributed by atoms with Gasteiger partial charge in [0.05, 0.1) is 5.56 Å². The summed E-state index contributed by atoms with van der Waals surface area (Å²) < 4.78 is 73.1. The van der Waals surface area contributed by atoms with Crippen molar-refractivity contribution in [3.05, 3.63) is 23.8 Å². The summed E-state index contributed by atoms with van der Waals surface area (Å²) in [5.41, 5.74) is -10.1. The number of carboxylic acids is 1. The van der Waals surface area contributed by atoms with Crippen molar-refractivity contribution in [2.45, 2.75) is 20.8 Å². The van der Waals surface area contributed by atoms with Crippen LogP contribution in [0.1, 0.15) is 10.4 Å². The van der Waals surface area contributed by atoms with Crippen molar-refractivity contribution in [3.8, 4) is 0 Å². The van der Waals surface area contributed by atoms with E-state index in [-0.39, 0.29) is 0 Å². The van der Waals surface area contributed by atoms with E-state index in [2.05, 4.69) is 0 Å². The van der Waals surface area contributed by atoms with Crippen LogP contribution in [-0.4, -0.2) is 22.1 Å². The van der Waals surface area contributed by atoms with E-state index in [0.717, 1.165) is 6.07 Å². The van der Waals surface area contributed by atoms with Gasteiger partial charge in [-0.3, -0.25) is 0 Å². The van der Waals surface area contributed by atoms with Gasteiger partial charge in [0.1, 0.15) is 0 Å². The van der Waals surface area contributed by atoms with Gasteiger partial charge in [0, 0.05) is 9.79 Å². The Morgan fingerprint density at radius 1 is 0.947 bits per heavy atom. The highest BCUT2D eigenvalue weighted by molar-refractivity contribution is 8.03. The van der Waals surface area contributed by atoms with Crippen LogP contribution in [0.4, 0.5) is 26.3 Å². The van der Waals surface area contributed by atoms with E-state index in [4.69, 9.17) is 5.11 Å². The molecule has 0 unspecified atom stereocenters. The molecule has 1 rings (SSSR count). The number of rotatable bonds is 3. The maximum Gasteiger partial charge on any atom is 0.446 e. The summed E-state index contributed by atoms with van der Waals surface area (Å²) in [5.74, 6) is -1.52. The smallest absolute Gasteiger partial charge is 0.446 e. The predicted octanol–water partition coefficient (Wildman–Crippen LogP) is 4.61. The minimum atomic E-state index is -4.81.